The van der Waals surface area contributed by atoms with Crippen molar-refractivity contribution in [2.75, 3.05) is 6.54 Å². The predicted octanol–water partition coefficient (Wildman–Crippen LogP) is 4.55. The molecule has 0 spiro atoms. The number of thiophene rings is 1. The van der Waals surface area contributed by atoms with E-state index in [9.17, 15) is 4.39 Å². The van der Waals surface area contributed by atoms with Crippen LogP contribution >= 0.6 is 22.9 Å². The summed E-state index contributed by atoms with van der Waals surface area (Å²) in [6, 6.07) is 6.92. The molecule has 96 valence electrons. The third kappa shape index (κ3) is 2.91. The smallest absolute Gasteiger partial charge is 0.123 e. The Hall–Kier alpha value is -0.900. The van der Waals surface area contributed by atoms with E-state index < -0.39 is 0 Å². The van der Waals surface area contributed by atoms with Crippen molar-refractivity contribution < 1.29 is 4.39 Å². The van der Waals surface area contributed by atoms with Gasteiger partial charge in [0.2, 0.25) is 0 Å². The van der Waals surface area contributed by atoms with Crippen LogP contribution in [0.25, 0.3) is 0 Å². The van der Waals surface area contributed by atoms with E-state index in [2.05, 4.69) is 5.32 Å². The molecule has 2 rings (SSSR count). The molecule has 0 saturated heterocycles. The third-order valence-corrected chi connectivity index (χ3v) is 4.14. The molecule has 0 bridgehead atoms. The van der Waals surface area contributed by atoms with E-state index in [4.69, 9.17) is 11.6 Å². The van der Waals surface area contributed by atoms with Crippen LogP contribution in [0.3, 0.4) is 0 Å². The van der Waals surface area contributed by atoms with E-state index in [-0.39, 0.29) is 11.9 Å². The minimum absolute atomic E-state index is 0.0445. The molecule has 0 fully saturated rings. The summed E-state index contributed by atoms with van der Waals surface area (Å²) in [6.45, 7) is 4.72. The molecule has 1 aromatic heterocycles. The summed E-state index contributed by atoms with van der Waals surface area (Å²) < 4.78 is 13.5. The van der Waals surface area contributed by atoms with Gasteiger partial charge in [0.25, 0.3) is 0 Å². The molecule has 1 nitrogen and oxygen atoms in total. The number of halogens is 2. The summed E-state index contributed by atoms with van der Waals surface area (Å²) in [5.74, 6) is -0.208. The Labute approximate surface area is 116 Å². The lowest BCUT2D eigenvalue weighted by atomic mass is 10.0. The molecule has 2 aromatic rings. The quantitative estimate of drug-likeness (QED) is 0.868. The fourth-order valence-corrected chi connectivity index (χ4v) is 3.28. The second kappa shape index (κ2) is 5.83. The molecule has 0 amide bonds. The normalized spacial score (nSPS) is 12.7. The average molecular weight is 284 g/mol. The van der Waals surface area contributed by atoms with Crippen molar-refractivity contribution >= 4 is 22.9 Å². The Kier molecular flexibility index (Phi) is 4.38. The van der Waals surface area contributed by atoms with Crippen LogP contribution in [-0.4, -0.2) is 6.54 Å². The number of hydrogen-bond acceptors (Lipinski definition) is 2. The Morgan fingerprint density at radius 1 is 1.39 bits per heavy atom. The van der Waals surface area contributed by atoms with E-state index in [1.165, 1.54) is 6.07 Å². The van der Waals surface area contributed by atoms with Crippen molar-refractivity contribution in [1.82, 2.24) is 5.32 Å². The first-order valence-corrected chi connectivity index (χ1v) is 7.11. The van der Waals surface area contributed by atoms with Gasteiger partial charge in [-0.1, -0.05) is 24.6 Å². The lowest BCUT2D eigenvalue weighted by Gasteiger charge is -2.18. The van der Waals surface area contributed by atoms with Crippen LogP contribution in [-0.2, 0) is 0 Å². The zero-order valence-corrected chi connectivity index (χ0v) is 11.9. The Balaban J connectivity index is 2.44. The number of aryl methyl sites for hydroxylation is 1. The largest absolute Gasteiger partial charge is 0.306 e. The van der Waals surface area contributed by atoms with Gasteiger partial charge >= 0.3 is 0 Å². The van der Waals surface area contributed by atoms with E-state index in [1.54, 1.807) is 17.4 Å². The molecule has 0 aliphatic heterocycles. The maximum Gasteiger partial charge on any atom is 0.123 e. The van der Waals surface area contributed by atoms with Gasteiger partial charge in [0, 0.05) is 4.88 Å². The SMILES string of the molecule is CCNC(c1cc(C)cc(F)c1)c1sccc1Cl. The molecule has 1 N–H and O–H groups in total. The molecule has 1 unspecified atom stereocenters. The zero-order chi connectivity index (χ0) is 13.1. The standard InChI is InChI=1S/C14H15ClFNS/c1-3-17-13(14-12(15)4-5-18-14)10-6-9(2)7-11(16)8-10/h4-8,13,17H,3H2,1-2H3. The summed E-state index contributed by atoms with van der Waals surface area (Å²) >= 11 is 7.76. The van der Waals surface area contributed by atoms with Gasteiger partial charge in [-0.2, -0.15) is 0 Å². The van der Waals surface area contributed by atoms with Gasteiger partial charge in [0.05, 0.1) is 11.1 Å². The predicted molar refractivity (Wildman–Crippen MR) is 76.0 cm³/mol. The highest BCUT2D eigenvalue weighted by molar-refractivity contribution is 7.10. The van der Waals surface area contributed by atoms with Gasteiger partial charge in [-0.15, -0.1) is 11.3 Å². The summed E-state index contributed by atoms with van der Waals surface area (Å²) in [5.41, 5.74) is 1.83. The molecule has 0 aliphatic rings. The molecular formula is C14H15ClFNS. The summed E-state index contributed by atoms with van der Waals surface area (Å²) in [6.07, 6.45) is 0. The van der Waals surface area contributed by atoms with Crippen molar-refractivity contribution in [1.29, 1.82) is 0 Å². The second-order valence-corrected chi connectivity index (χ2v) is 5.54. The molecule has 1 atom stereocenters. The summed E-state index contributed by atoms with van der Waals surface area (Å²) in [7, 11) is 0. The highest BCUT2D eigenvalue weighted by Crippen LogP contribution is 2.33. The molecule has 0 aliphatic carbocycles. The van der Waals surface area contributed by atoms with Crippen LogP contribution in [0, 0.1) is 12.7 Å². The number of nitrogens with one attached hydrogen (secondary N) is 1. The first-order valence-electron chi connectivity index (χ1n) is 5.85. The molecule has 1 heterocycles. The fourth-order valence-electron chi connectivity index (χ4n) is 2.01. The van der Waals surface area contributed by atoms with Gasteiger partial charge in [0.15, 0.2) is 0 Å². The van der Waals surface area contributed by atoms with Gasteiger partial charge in [0.1, 0.15) is 5.82 Å². The fraction of sp³-hybridized carbons (Fsp3) is 0.286. The van der Waals surface area contributed by atoms with Gasteiger partial charge < -0.3 is 5.32 Å². The minimum Gasteiger partial charge on any atom is -0.306 e. The molecular weight excluding hydrogens is 269 g/mol. The zero-order valence-electron chi connectivity index (χ0n) is 10.3. The minimum atomic E-state index is -0.208. The average Bonchev–Trinajstić information content (AvgIpc) is 2.71. The van der Waals surface area contributed by atoms with E-state index >= 15 is 0 Å². The lowest BCUT2D eigenvalue weighted by Crippen LogP contribution is -2.21. The van der Waals surface area contributed by atoms with Crippen LogP contribution < -0.4 is 5.32 Å². The van der Waals surface area contributed by atoms with Crippen LogP contribution in [0.15, 0.2) is 29.6 Å². The number of benzene rings is 1. The van der Waals surface area contributed by atoms with Crippen LogP contribution in [0.4, 0.5) is 4.39 Å². The monoisotopic (exact) mass is 283 g/mol. The Morgan fingerprint density at radius 2 is 2.17 bits per heavy atom. The Morgan fingerprint density at radius 3 is 2.72 bits per heavy atom. The van der Waals surface area contributed by atoms with Gasteiger partial charge in [-0.25, -0.2) is 4.39 Å². The topological polar surface area (TPSA) is 12.0 Å². The van der Waals surface area contributed by atoms with Crippen LogP contribution in [0.2, 0.25) is 5.02 Å². The maximum atomic E-state index is 13.5. The number of rotatable bonds is 4. The van der Waals surface area contributed by atoms with Crippen molar-refractivity contribution in [3.63, 3.8) is 0 Å². The summed E-state index contributed by atoms with van der Waals surface area (Å²) in [4.78, 5) is 1.03. The molecule has 0 saturated carbocycles. The molecule has 1 aromatic carbocycles. The van der Waals surface area contributed by atoms with Crippen molar-refractivity contribution in [3.8, 4) is 0 Å². The van der Waals surface area contributed by atoms with Gasteiger partial charge in [-0.3, -0.25) is 0 Å². The van der Waals surface area contributed by atoms with E-state index in [0.717, 1.165) is 27.6 Å². The van der Waals surface area contributed by atoms with Gasteiger partial charge in [-0.05, 0) is 48.2 Å². The summed E-state index contributed by atoms with van der Waals surface area (Å²) in [5, 5.41) is 6.04. The number of hydrogen-bond donors (Lipinski definition) is 1. The van der Waals surface area contributed by atoms with Crippen LogP contribution in [0.5, 0.6) is 0 Å². The van der Waals surface area contributed by atoms with Crippen LogP contribution in [0.1, 0.15) is 29.0 Å². The van der Waals surface area contributed by atoms with Crippen molar-refractivity contribution in [2.45, 2.75) is 19.9 Å². The highest BCUT2D eigenvalue weighted by atomic mass is 35.5. The maximum absolute atomic E-state index is 13.5. The first-order chi connectivity index (χ1) is 8.61. The van der Waals surface area contributed by atoms with Crippen molar-refractivity contribution in [2.24, 2.45) is 0 Å². The molecule has 18 heavy (non-hydrogen) atoms. The second-order valence-electron chi connectivity index (χ2n) is 4.19. The molecule has 4 heteroatoms. The van der Waals surface area contributed by atoms with Crippen molar-refractivity contribution in [3.05, 3.63) is 56.5 Å². The first kappa shape index (κ1) is 13.5. The third-order valence-electron chi connectivity index (χ3n) is 2.71. The van der Waals surface area contributed by atoms with E-state index in [1.807, 2.05) is 31.4 Å². The lowest BCUT2D eigenvalue weighted by molar-refractivity contribution is 0.605. The highest BCUT2D eigenvalue weighted by Gasteiger charge is 2.18. The molecule has 0 radical (unpaired) electrons. The van der Waals surface area contributed by atoms with E-state index in [0.29, 0.717) is 0 Å². The Bertz CT molecular complexity index is 518.